The first-order valence-corrected chi connectivity index (χ1v) is 8.87. The molecule has 0 aromatic heterocycles. The van der Waals surface area contributed by atoms with E-state index < -0.39 is 0 Å². The predicted octanol–water partition coefficient (Wildman–Crippen LogP) is 7.12. The second kappa shape index (κ2) is 25.4. The fourth-order valence-electron chi connectivity index (χ4n) is 0.925. The summed E-state index contributed by atoms with van der Waals surface area (Å²) in [6, 6.07) is 0. The first kappa shape index (κ1) is 29.5. The lowest BCUT2D eigenvalue weighted by molar-refractivity contribution is 0.268. The first-order chi connectivity index (χ1) is 10.0. The largest absolute Gasteiger partial charge is 0.396 e. The Kier molecular flexibility index (Phi) is 34.0. The molecule has 1 nitrogen and oxygen atoms in total. The highest BCUT2D eigenvalue weighted by Crippen LogP contribution is 1.97. The molecule has 0 aromatic rings. The molecular formula is C21H46O. The molecule has 1 heteroatoms. The van der Waals surface area contributed by atoms with Gasteiger partial charge in [-0.2, -0.15) is 0 Å². The molecule has 0 aromatic carbocycles. The summed E-state index contributed by atoms with van der Waals surface area (Å²) in [5.41, 5.74) is 0. The lowest BCUT2D eigenvalue weighted by atomic mass is 10.1. The van der Waals surface area contributed by atoms with Crippen LogP contribution in [0.15, 0.2) is 25.3 Å². The monoisotopic (exact) mass is 314 g/mol. The van der Waals surface area contributed by atoms with E-state index in [-0.39, 0.29) is 0 Å². The number of hydrogen-bond acceptors (Lipinski definition) is 1. The number of aliphatic hydroxyl groups excluding tert-OH is 1. The van der Waals surface area contributed by atoms with Crippen LogP contribution in [0.25, 0.3) is 0 Å². The van der Waals surface area contributed by atoms with Gasteiger partial charge < -0.3 is 5.11 Å². The van der Waals surface area contributed by atoms with Gasteiger partial charge in [-0.1, -0.05) is 74.5 Å². The minimum Gasteiger partial charge on any atom is -0.396 e. The van der Waals surface area contributed by atoms with Gasteiger partial charge in [0.1, 0.15) is 0 Å². The van der Waals surface area contributed by atoms with Gasteiger partial charge in [0.05, 0.1) is 0 Å². The smallest absolute Gasteiger partial charge is 0.0433 e. The Bertz CT molecular complexity index is 173. The lowest BCUT2D eigenvalue weighted by Crippen LogP contribution is -1.89. The second-order valence-electron chi connectivity index (χ2n) is 7.47. The second-order valence-corrected chi connectivity index (χ2v) is 7.47. The van der Waals surface area contributed by atoms with Gasteiger partial charge in [-0.15, -0.1) is 13.2 Å². The molecule has 0 spiro atoms. The molecule has 0 atom stereocenters. The zero-order valence-corrected chi connectivity index (χ0v) is 17.2. The van der Waals surface area contributed by atoms with Gasteiger partial charge in [-0.05, 0) is 42.9 Å². The van der Waals surface area contributed by atoms with Crippen LogP contribution in [0, 0.1) is 23.7 Å². The van der Waals surface area contributed by atoms with Crippen LogP contribution in [0.4, 0.5) is 0 Å². The van der Waals surface area contributed by atoms with Crippen molar-refractivity contribution in [3.8, 4) is 0 Å². The van der Waals surface area contributed by atoms with Gasteiger partial charge in [0, 0.05) is 6.61 Å². The van der Waals surface area contributed by atoms with Crippen molar-refractivity contribution in [2.45, 2.75) is 81.6 Å². The highest BCUT2D eigenvalue weighted by molar-refractivity contribution is 4.67. The average molecular weight is 315 g/mol. The zero-order chi connectivity index (χ0) is 18.6. The molecule has 22 heavy (non-hydrogen) atoms. The third kappa shape index (κ3) is 92.8. The molecule has 0 saturated carbocycles. The third-order valence-electron chi connectivity index (χ3n) is 1.98. The maximum atomic E-state index is 8.24. The standard InChI is InChI=1S/2C6H12.C5H12O.C4H10/c2*1-4-5-6(2)3;1-5(2)3-4-6;1-4(2)3/h2*4,6H,1,5H2,2-3H3;5-6H,3-4H2,1-2H3;4H,1-3H3. The summed E-state index contributed by atoms with van der Waals surface area (Å²) in [6.07, 6.45) is 7.11. The van der Waals surface area contributed by atoms with Crippen molar-refractivity contribution in [1.29, 1.82) is 0 Å². The van der Waals surface area contributed by atoms with Crippen LogP contribution in [0.5, 0.6) is 0 Å². The Hall–Kier alpha value is -0.560. The van der Waals surface area contributed by atoms with Gasteiger partial charge in [0.25, 0.3) is 0 Å². The van der Waals surface area contributed by atoms with Crippen molar-refractivity contribution >= 4 is 0 Å². The van der Waals surface area contributed by atoms with Crippen LogP contribution in [0.2, 0.25) is 0 Å². The number of aliphatic hydroxyl groups is 1. The van der Waals surface area contributed by atoms with Crippen molar-refractivity contribution in [3.63, 3.8) is 0 Å². The summed E-state index contributed by atoms with van der Waals surface area (Å²) in [7, 11) is 0. The molecule has 0 unspecified atom stereocenters. The van der Waals surface area contributed by atoms with Crippen molar-refractivity contribution < 1.29 is 5.11 Å². The molecule has 0 fully saturated rings. The van der Waals surface area contributed by atoms with E-state index in [0.717, 1.165) is 37.0 Å². The SMILES string of the molecule is C=CCC(C)C.C=CCC(C)C.CC(C)C.CC(C)CCO. The van der Waals surface area contributed by atoms with Crippen LogP contribution < -0.4 is 0 Å². The summed E-state index contributed by atoms with van der Waals surface area (Å²) in [5, 5.41) is 8.24. The van der Waals surface area contributed by atoms with Crippen LogP contribution in [-0.2, 0) is 0 Å². The molecule has 0 rings (SSSR count). The average Bonchev–Trinajstić information content (AvgIpc) is 2.28. The van der Waals surface area contributed by atoms with Gasteiger partial charge in [0.15, 0.2) is 0 Å². The van der Waals surface area contributed by atoms with Crippen molar-refractivity contribution in [1.82, 2.24) is 0 Å². The summed E-state index contributed by atoms with van der Waals surface area (Å²) in [4.78, 5) is 0. The Morgan fingerprint density at radius 2 is 0.955 bits per heavy atom. The summed E-state index contributed by atoms with van der Waals surface area (Å²) in [6.45, 7) is 26.9. The normalized spacial score (nSPS) is 9.36. The Balaban J connectivity index is -0.0000000994. The third-order valence-corrected chi connectivity index (χ3v) is 1.98. The maximum absolute atomic E-state index is 8.24. The predicted molar refractivity (Wildman–Crippen MR) is 106 cm³/mol. The first-order valence-electron chi connectivity index (χ1n) is 8.87. The highest BCUT2D eigenvalue weighted by Gasteiger charge is 1.86. The van der Waals surface area contributed by atoms with E-state index in [2.05, 4.69) is 75.5 Å². The zero-order valence-electron chi connectivity index (χ0n) is 17.2. The van der Waals surface area contributed by atoms with Gasteiger partial charge >= 0.3 is 0 Å². The Morgan fingerprint density at radius 3 is 0.955 bits per heavy atom. The van der Waals surface area contributed by atoms with Crippen LogP contribution in [0.1, 0.15) is 81.6 Å². The van der Waals surface area contributed by atoms with Gasteiger partial charge in [-0.25, -0.2) is 0 Å². The van der Waals surface area contributed by atoms with E-state index in [1.807, 2.05) is 12.2 Å². The maximum Gasteiger partial charge on any atom is 0.0433 e. The molecule has 0 amide bonds. The van der Waals surface area contributed by atoms with Crippen molar-refractivity contribution in [2.75, 3.05) is 6.61 Å². The minimum absolute atomic E-state index is 0.331. The summed E-state index contributed by atoms with van der Waals surface area (Å²) >= 11 is 0. The van der Waals surface area contributed by atoms with Gasteiger partial charge in [0.2, 0.25) is 0 Å². The van der Waals surface area contributed by atoms with E-state index in [0.29, 0.717) is 12.5 Å². The molecule has 0 radical (unpaired) electrons. The topological polar surface area (TPSA) is 20.2 Å². The molecule has 0 aliphatic carbocycles. The molecule has 0 aliphatic heterocycles. The summed E-state index contributed by atoms with van der Waals surface area (Å²) in [5.74, 6) is 3.04. The van der Waals surface area contributed by atoms with Crippen LogP contribution >= 0.6 is 0 Å². The van der Waals surface area contributed by atoms with E-state index in [9.17, 15) is 0 Å². The van der Waals surface area contributed by atoms with Crippen molar-refractivity contribution in [2.24, 2.45) is 23.7 Å². The van der Waals surface area contributed by atoms with E-state index in [1.54, 1.807) is 0 Å². The quantitative estimate of drug-likeness (QED) is 0.517. The molecule has 1 N–H and O–H groups in total. The lowest BCUT2D eigenvalue weighted by Gasteiger charge is -1.95. The van der Waals surface area contributed by atoms with Gasteiger partial charge in [-0.3, -0.25) is 0 Å². The molecule has 0 heterocycles. The van der Waals surface area contributed by atoms with E-state index in [4.69, 9.17) is 5.11 Å². The summed E-state index contributed by atoms with van der Waals surface area (Å²) < 4.78 is 0. The molecule has 0 saturated heterocycles. The highest BCUT2D eigenvalue weighted by atomic mass is 16.2. The molecule has 136 valence electrons. The fourth-order valence-corrected chi connectivity index (χ4v) is 0.925. The van der Waals surface area contributed by atoms with Crippen LogP contribution in [-0.4, -0.2) is 11.7 Å². The van der Waals surface area contributed by atoms with E-state index >= 15 is 0 Å². The number of rotatable bonds is 6. The Morgan fingerprint density at radius 1 is 0.682 bits per heavy atom. The molecule has 0 bridgehead atoms. The van der Waals surface area contributed by atoms with Crippen LogP contribution in [0.3, 0.4) is 0 Å². The number of hydrogen-bond donors (Lipinski definition) is 1. The van der Waals surface area contributed by atoms with E-state index in [1.165, 1.54) is 0 Å². The minimum atomic E-state index is 0.331. The Labute approximate surface area is 142 Å². The van der Waals surface area contributed by atoms with Crippen molar-refractivity contribution in [3.05, 3.63) is 25.3 Å². The fraction of sp³-hybridized carbons (Fsp3) is 0.810. The molecule has 0 aliphatic rings. The molecular weight excluding hydrogens is 268 g/mol. The number of allylic oxidation sites excluding steroid dienone is 2.